The molecule has 0 fully saturated rings. The Hall–Kier alpha value is -1.29. The third kappa shape index (κ3) is 4.41. The van der Waals surface area contributed by atoms with Crippen molar-refractivity contribution in [1.29, 1.82) is 0 Å². The molecule has 0 radical (unpaired) electrons. The monoisotopic (exact) mass is 343 g/mol. The Kier molecular flexibility index (Phi) is 7.83. The molecule has 2 nitrogen and oxygen atoms in total. The van der Waals surface area contributed by atoms with Crippen LogP contribution in [0.5, 0.6) is 0 Å². The number of fused-ring (bicyclic) bond motifs is 1. The normalized spacial score (nSPS) is 20.1. The minimum absolute atomic E-state index is 0.429. The molecule has 0 amide bonds. The average molecular weight is 344 g/mol. The molecule has 130 valence electrons. The molecule has 0 spiro atoms. The lowest BCUT2D eigenvalue weighted by molar-refractivity contribution is 0.154. The van der Waals surface area contributed by atoms with Crippen LogP contribution in [0.1, 0.15) is 30.2 Å². The molecule has 1 aromatic rings. The second-order valence-electron chi connectivity index (χ2n) is 5.83. The molecule has 2 rings (SSSR count). The van der Waals surface area contributed by atoms with Gasteiger partial charge in [-0.3, -0.25) is 0 Å². The minimum atomic E-state index is 0.429. The fraction of sp³-hybridized carbons (Fsp3) is 0.429. The smallest absolute Gasteiger partial charge is 0.0589 e. The van der Waals surface area contributed by atoms with E-state index in [-0.39, 0.29) is 0 Å². The van der Waals surface area contributed by atoms with Gasteiger partial charge in [0.05, 0.1) is 11.9 Å². The van der Waals surface area contributed by atoms with Gasteiger partial charge in [0.25, 0.3) is 0 Å². The summed E-state index contributed by atoms with van der Waals surface area (Å²) in [6, 6.07) is 8.77. The van der Waals surface area contributed by atoms with Gasteiger partial charge < -0.3 is 9.64 Å². The number of nitrogens with zero attached hydrogens (tertiary/aromatic N) is 1. The zero-order valence-corrected chi connectivity index (χ0v) is 15.9. The number of hydrogen-bond acceptors (Lipinski definition) is 3. The van der Waals surface area contributed by atoms with Crippen LogP contribution in [0.2, 0.25) is 0 Å². The van der Waals surface area contributed by atoms with Gasteiger partial charge in [0.1, 0.15) is 0 Å². The van der Waals surface area contributed by atoms with Crippen LogP contribution in [0.4, 0.5) is 0 Å². The maximum Gasteiger partial charge on any atom is 0.0589 e. The molecule has 0 aliphatic heterocycles. The zero-order valence-electron chi connectivity index (χ0n) is 15.1. The summed E-state index contributed by atoms with van der Waals surface area (Å²) < 4.78 is 5.20. The molecule has 24 heavy (non-hydrogen) atoms. The van der Waals surface area contributed by atoms with Crippen molar-refractivity contribution in [3.05, 3.63) is 65.8 Å². The van der Waals surface area contributed by atoms with Crippen LogP contribution in [0.15, 0.2) is 54.6 Å². The van der Waals surface area contributed by atoms with Crippen molar-refractivity contribution in [3.8, 4) is 0 Å². The van der Waals surface area contributed by atoms with E-state index in [9.17, 15) is 0 Å². The lowest BCUT2D eigenvalue weighted by Crippen LogP contribution is -2.29. The Morgan fingerprint density at radius 1 is 1.29 bits per heavy atom. The SMILES string of the molecule is C=C/C=C1\C(=C/C)C(SCCN(CC)CCOC)c2ccccc21. The van der Waals surface area contributed by atoms with Gasteiger partial charge in [0, 0.05) is 26.0 Å². The summed E-state index contributed by atoms with van der Waals surface area (Å²) >= 11 is 2.04. The maximum atomic E-state index is 5.20. The van der Waals surface area contributed by atoms with Crippen molar-refractivity contribution < 1.29 is 4.74 Å². The topological polar surface area (TPSA) is 12.5 Å². The van der Waals surface area contributed by atoms with E-state index >= 15 is 0 Å². The zero-order chi connectivity index (χ0) is 17.4. The van der Waals surface area contributed by atoms with Gasteiger partial charge in [-0.05, 0) is 35.7 Å². The summed E-state index contributed by atoms with van der Waals surface area (Å²) in [5, 5.41) is 0.429. The van der Waals surface area contributed by atoms with Crippen LogP contribution in [-0.2, 0) is 4.74 Å². The summed E-state index contributed by atoms with van der Waals surface area (Å²) in [5.74, 6) is 1.12. The fourth-order valence-electron chi connectivity index (χ4n) is 3.17. The Morgan fingerprint density at radius 2 is 2.08 bits per heavy atom. The van der Waals surface area contributed by atoms with Crippen LogP contribution >= 0.6 is 11.8 Å². The molecule has 0 saturated carbocycles. The number of methoxy groups -OCH3 is 1. The van der Waals surface area contributed by atoms with Gasteiger partial charge in [0.2, 0.25) is 0 Å². The van der Waals surface area contributed by atoms with E-state index in [1.807, 2.05) is 17.8 Å². The highest BCUT2D eigenvalue weighted by atomic mass is 32.2. The number of ether oxygens (including phenoxy) is 1. The van der Waals surface area contributed by atoms with E-state index in [4.69, 9.17) is 4.74 Å². The molecule has 1 aliphatic carbocycles. The van der Waals surface area contributed by atoms with E-state index in [2.05, 4.69) is 61.7 Å². The van der Waals surface area contributed by atoms with Gasteiger partial charge in [-0.1, -0.05) is 56.0 Å². The Bertz CT molecular complexity index is 606. The predicted molar refractivity (Wildman–Crippen MR) is 108 cm³/mol. The summed E-state index contributed by atoms with van der Waals surface area (Å²) in [6.45, 7) is 12.2. The third-order valence-electron chi connectivity index (χ3n) is 4.47. The maximum absolute atomic E-state index is 5.20. The van der Waals surface area contributed by atoms with E-state index in [0.29, 0.717) is 5.25 Å². The second kappa shape index (κ2) is 9.87. The molecular formula is C21H29NOS. The van der Waals surface area contributed by atoms with Crippen LogP contribution < -0.4 is 0 Å². The Balaban J connectivity index is 2.09. The number of hydrogen-bond donors (Lipinski definition) is 0. The van der Waals surface area contributed by atoms with Crippen molar-refractivity contribution in [1.82, 2.24) is 4.90 Å². The lowest BCUT2D eigenvalue weighted by Gasteiger charge is -2.21. The first-order chi connectivity index (χ1) is 11.8. The van der Waals surface area contributed by atoms with Gasteiger partial charge in [-0.2, -0.15) is 0 Å². The highest BCUT2D eigenvalue weighted by Gasteiger charge is 2.30. The van der Waals surface area contributed by atoms with E-state index < -0.39 is 0 Å². The summed E-state index contributed by atoms with van der Waals surface area (Å²) in [4.78, 5) is 2.45. The molecule has 0 saturated heterocycles. The number of likely N-dealkylation sites (N-methyl/N-ethyl adjacent to an activating group) is 1. The van der Waals surface area contributed by atoms with Crippen LogP contribution in [0.3, 0.4) is 0 Å². The van der Waals surface area contributed by atoms with Crippen LogP contribution in [0, 0.1) is 0 Å². The molecule has 3 heteroatoms. The summed E-state index contributed by atoms with van der Waals surface area (Å²) in [5.41, 5.74) is 5.53. The Morgan fingerprint density at radius 3 is 2.75 bits per heavy atom. The van der Waals surface area contributed by atoms with Gasteiger partial charge >= 0.3 is 0 Å². The quantitative estimate of drug-likeness (QED) is 0.629. The van der Waals surface area contributed by atoms with Crippen LogP contribution in [0.25, 0.3) is 5.57 Å². The number of rotatable bonds is 9. The number of benzene rings is 1. The van der Waals surface area contributed by atoms with E-state index in [1.165, 1.54) is 22.3 Å². The summed E-state index contributed by atoms with van der Waals surface area (Å²) in [7, 11) is 1.77. The second-order valence-corrected chi connectivity index (χ2v) is 7.04. The molecule has 0 heterocycles. The Labute approximate surface area is 151 Å². The molecule has 1 unspecified atom stereocenters. The lowest BCUT2D eigenvalue weighted by atomic mass is 10.1. The highest BCUT2D eigenvalue weighted by Crippen LogP contribution is 2.51. The van der Waals surface area contributed by atoms with Gasteiger partial charge in [0.15, 0.2) is 0 Å². The van der Waals surface area contributed by atoms with Gasteiger partial charge in [-0.25, -0.2) is 0 Å². The molecular weight excluding hydrogens is 314 g/mol. The van der Waals surface area contributed by atoms with E-state index in [0.717, 1.165) is 32.0 Å². The highest BCUT2D eigenvalue weighted by molar-refractivity contribution is 7.99. The van der Waals surface area contributed by atoms with Crippen molar-refractivity contribution in [2.75, 3.05) is 39.1 Å². The first-order valence-corrected chi connectivity index (χ1v) is 9.73. The number of allylic oxidation sites excluding steroid dienone is 4. The standard InChI is InChI=1S/C21H29NOS/c1-5-10-18-17(6-2)21(20-12-9-8-11-19(18)20)24-16-14-22(7-3)13-15-23-4/h5-6,8-12,21H,1,7,13-16H2,2-4H3/b17-6+,18-10+. The molecule has 1 atom stereocenters. The molecule has 1 aromatic carbocycles. The molecule has 0 aromatic heterocycles. The molecule has 0 N–H and O–H groups in total. The van der Waals surface area contributed by atoms with E-state index in [1.54, 1.807) is 7.11 Å². The first kappa shape index (κ1) is 19.0. The van der Waals surface area contributed by atoms with Crippen molar-refractivity contribution in [2.24, 2.45) is 0 Å². The molecule has 0 bridgehead atoms. The van der Waals surface area contributed by atoms with Crippen molar-refractivity contribution in [3.63, 3.8) is 0 Å². The summed E-state index contributed by atoms with van der Waals surface area (Å²) in [6.07, 6.45) is 6.30. The average Bonchev–Trinajstić information content (AvgIpc) is 2.91. The van der Waals surface area contributed by atoms with Crippen molar-refractivity contribution in [2.45, 2.75) is 19.1 Å². The fourth-order valence-corrected chi connectivity index (χ4v) is 4.60. The first-order valence-electron chi connectivity index (χ1n) is 8.68. The minimum Gasteiger partial charge on any atom is -0.383 e. The number of thioether (sulfide) groups is 1. The van der Waals surface area contributed by atoms with Crippen molar-refractivity contribution >= 4 is 17.3 Å². The largest absolute Gasteiger partial charge is 0.383 e. The van der Waals surface area contributed by atoms with Gasteiger partial charge in [-0.15, -0.1) is 11.8 Å². The third-order valence-corrected chi connectivity index (χ3v) is 5.73. The molecule has 1 aliphatic rings. The predicted octanol–water partition coefficient (Wildman–Crippen LogP) is 4.96. The van der Waals surface area contributed by atoms with Crippen LogP contribution in [-0.4, -0.2) is 44.0 Å².